The number of fused-ring (bicyclic) bond motifs is 2. The van der Waals surface area contributed by atoms with E-state index in [0.717, 1.165) is 5.52 Å². The Morgan fingerprint density at radius 1 is 1.14 bits per heavy atom. The minimum Gasteiger partial charge on any atom is -0.350 e. The zero-order chi connectivity index (χ0) is 14.6. The van der Waals surface area contributed by atoms with Gasteiger partial charge < -0.3 is 9.55 Å². The molecule has 0 amide bonds. The summed E-state index contributed by atoms with van der Waals surface area (Å²) in [6.45, 7) is 0. The van der Waals surface area contributed by atoms with Gasteiger partial charge in [0.1, 0.15) is 17.5 Å². The van der Waals surface area contributed by atoms with Crippen LogP contribution in [0.15, 0.2) is 42.6 Å². The lowest BCUT2D eigenvalue weighted by Crippen LogP contribution is -1.95. The van der Waals surface area contributed by atoms with Crippen LogP contribution >= 0.6 is 0 Å². The first kappa shape index (κ1) is 12.1. The Balaban J connectivity index is 2.05. The molecule has 0 aliphatic heterocycles. The number of halogens is 2. The van der Waals surface area contributed by atoms with Crippen molar-refractivity contribution in [1.29, 1.82) is 0 Å². The van der Waals surface area contributed by atoms with Gasteiger partial charge in [-0.05, 0) is 24.3 Å². The summed E-state index contributed by atoms with van der Waals surface area (Å²) in [5, 5.41) is 0.384. The van der Waals surface area contributed by atoms with Crippen molar-refractivity contribution in [3.05, 3.63) is 54.2 Å². The van der Waals surface area contributed by atoms with E-state index in [9.17, 15) is 8.78 Å². The molecule has 0 radical (unpaired) electrons. The molecule has 4 rings (SSSR count). The molecule has 0 saturated heterocycles. The normalized spacial score (nSPS) is 11.6. The summed E-state index contributed by atoms with van der Waals surface area (Å²) in [4.78, 5) is 7.24. The number of para-hydroxylation sites is 2. The van der Waals surface area contributed by atoms with Gasteiger partial charge in [-0.1, -0.05) is 12.1 Å². The van der Waals surface area contributed by atoms with Crippen molar-refractivity contribution in [3.63, 3.8) is 0 Å². The first-order chi connectivity index (χ1) is 10.1. The van der Waals surface area contributed by atoms with E-state index in [2.05, 4.69) is 9.97 Å². The van der Waals surface area contributed by atoms with Gasteiger partial charge in [-0.25, -0.2) is 13.8 Å². The van der Waals surface area contributed by atoms with Crippen LogP contribution in [0, 0.1) is 11.6 Å². The van der Waals surface area contributed by atoms with Gasteiger partial charge >= 0.3 is 0 Å². The number of rotatable bonds is 1. The molecular formula is C16H11F2N3. The van der Waals surface area contributed by atoms with Crippen molar-refractivity contribution in [3.8, 4) is 11.4 Å². The minimum atomic E-state index is -0.624. The first-order valence-electron chi connectivity index (χ1n) is 6.53. The van der Waals surface area contributed by atoms with E-state index < -0.39 is 11.6 Å². The molecule has 2 aromatic carbocycles. The average Bonchev–Trinajstić information content (AvgIpc) is 3.03. The van der Waals surface area contributed by atoms with Crippen LogP contribution in [0.4, 0.5) is 8.78 Å². The summed E-state index contributed by atoms with van der Waals surface area (Å²) in [5.41, 5.74) is 1.83. The molecule has 104 valence electrons. The van der Waals surface area contributed by atoms with Gasteiger partial charge in [-0.3, -0.25) is 0 Å². The summed E-state index contributed by atoms with van der Waals surface area (Å²) in [7, 11) is 1.75. The highest BCUT2D eigenvalue weighted by Gasteiger charge is 2.19. The van der Waals surface area contributed by atoms with Gasteiger partial charge in [0.15, 0.2) is 0 Å². The van der Waals surface area contributed by atoms with Crippen molar-refractivity contribution in [2.75, 3.05) is 0 Å². The van der Waals surface area contributed by atoms with Gasteiger partial charge in [-0.2, -0.15) is 0 Å². The summed E-state index contributed by atoms with van der Waals surface area (Å²) in [5.74, 6) is -1.01. The summed E-state index contributed by atoms with van der Waals surface area (Å²) in [6.07, 6.45) is 1.70. The molecule has 0 atom stereocenters. The molecule has 5 heteroatoms. The van der Waals surface area contributed by atoms with Gasteiger partial charge in [0.25, 0.3) is 0 Å². The second-order valence-electron chi connectivity index (χ2n) is 5.01. The Morgan fingerprint density at radius 3 is 2.76 bits per heavy atom. The molecule has 21 heavy (non-hydrogen) atoms. The summed E-state index contributed by atoms with van der Waals surface area (Å²) < 4.78 is 30.7. The summed E-state index contributed by atoms with van der Waals surface area (Å²) in [6, 6.07) is 10.3. The van der Waals surface area contributed by atoms with E-state index in [0.29, 0.717) is 16.4 Å². The third-order valence-electron chi connectivity index (χ3n) is 3.71. The molecule has 0 unspecified atom stereocenters. The predicted octanol–water partition coefficient (Wildman–Crippen LogP) is 4.00. The van der Waals surface area contributed by atoms with Crippen LogP contribution in [0.1, 0.15) is 0 Å². The second kappa shape index (κ2) is 4.15. The standard InChI is InChI=1S/C16H11F2N3/c1-21-7-6-9-13(21)8-10(17)14(15(9)18)16-19-11-4-2-3-5-12(11)20-16/h2-8H,1H3,(H,19,20). The highest BCUT2D eigenvalue weighted by Crippen LogP contribution is 2.31. The van der Waals surface area contributed by atoms with Crippen molar-refractivity contribution in [2.45, 2.75) is 0 Å². The highest BCUT2D eigenvalue weighted by atomic mass is 19.1. The van der Waals surface area contributed by atoms with Crippen molar-refractivity contribution in [2.24, 2.45) is 7.05 Å². The van der Waals surface area contributed by atoms with Crippen LogP contribution in [0.25, 0.3) is 33.3 Å². The van der Waals surface area contributed by atoms with Gasteiger partial charge in [0.05, 0.1) is 22.1 Å². The van der Waals surface area contributed by atoms with E-state index in [-0.39, 0.29) is 11.4 Å². The molecule has 0 saturated carbocycles. The molecule has 2 heterocycles. The van der Waals surface area contributed by atoms with E-state index in [1.165, 1.54) is 6.07 Å². The van der Waals surface area contributed by atoms with Crippen LogP contribution in [0.2, 0.25) is 0 Å². The second-order valence-corrected chi connectivity index (χ2v) is 5.01. The number of H-pyrrole nitrogens is 1. The largest absolute Gasteiger partial charge is 0.350 e. The first-order valence-corrected chi connectivity index (χ1v) is 6.53. The number of imidazole rings is 1. The van der Waals surface area contributed by atoms with Gasteiger partial charge in [0, 0.05) is 18.6 Å². The van der Waals surface area contributed by atoms with Crippen molar-refractivity contribution in [1.82, 2.24) is 14.5 Å². The Bertz CT molecular complexity index is 949. The lowest BCUT2D eigenvalue weighted by Gasteiger charge is -2.04. The van der Waals surface area contributed by atoms with Crippen LogP contribution < -0.4 is 0 Å². The molecule has 4 aromatic rings. The fraction of sp³-hybridized carbons (Fsp3) is 0.0625. The van der Waals surface area contributed by atoms with E-state index in [1.807, 2.05) is 18.2 Å². The number of aromatic amines is 1. The van der Waals surface area contributed by atoms with Crippen molar-refractivity contribution >= 4 is 21.9 Å². The topological polar surface area (TPSA) is 33.6 Å². The number of aromatic nitrogens is 3. The third-order valence-corrected chi connectivity index (χ3v) is 3.71. The number of aryl methyl sites for hydroxylation is 1. The zero-order valence-electron chi connectivity index (χ0n) is 11.2. The van der Waals surface area contributed by atoms with Crippen molar-refractivity contribution < 1.29 is 8.78 Å². The number of nitrogens with one attached hydrogen (secondary N) is 1. The smallest absolute Gasteiger partial charge is 0.146 e. The molecule has 0 aliphatic rings. The fourth-order valence-electron chi connectivity index (χ4n) is 2.63. The number of benzene rings is 2. The van der Waals surface area contributed by atoms with Crippen LogP contribution in [0.3, 0.4) is 0 Å². The maximum atomic E-state index is 14.6. The quantitative estimate of drug-likeness (QED) is 0.563. The molecule has 0 aliphatic carbocycles. The number of nitrogens with zero attached hydrogens (tertiary/aromatic N) is 2. The van der Waals surface area contributed by atoms with Crippen LogP contribution in [-0.4, -0.2) is 14.5 Å². The third kappa shape index (κ3) is 1.67. The SMILES string of the molecule is Cn1ccc2c(F)c(-c3nc4ccccc4[nH]3)c(F)cc21. The lowest BCUT2D eigenvalue weighted by molar-refractivity contribution is 0.596. The van der Waals surface area contributed by atoms with Gasteiger partial charge in [-0.15, -0.1) is 0 Å². The predicted molar refractivity (Wildman–Crippen MR) is 77.9 cm³/mol. The summed E-state index contributed by atoms with van der Waals surface area (Å²) >= 11 is 0. The van der Waals surface area contributed by atoms with E-state index in [4.69, 9.17) is 0 Å². The number of hydrogen-bond donors (Lipinski definition) is 1. The molecule has 0 spiro atoms. The van der Waals surface area contributed by atoms with Gasteiger partial charge in [0.2, 0.25) is 0 Å². The fourth-order valence-corrected chi connectivity index (χ4v) is 2.63. The molecular weight excluding hydrogens is 272 g/mol. The number of hydrogen-bond acceptors (Lipinski definition) is 1. The van der Waals surface area contributed by atoms with Crippen LogP contribution in [0.5, 0.6) is 0 Å². The average molecular weight is 283 g/mol. The molecule has 0 bridgehead atoms. The lowest BCUT2D eigenvalue weighted by atomic mass is 10.1. The van der Waals surface area contributed by atoms with E-state index in [1.54, 1.807) is 29.9 Å². The Labute approximate surface area is 118 Å². The Kier molecular flexibility index (Phi) is 2.39. The van der Waals surface area contributed by atoms with E-state index >= 15 is 0 Å². The molecule has 0 fully saturated rings. The highest BCUT2D eigenvalue weighted by molar-refractivity contribution is 5.87. The molecule has 2 aromatic heterocycles. The zero-order valence-corrected chi connectivity index (χ0v) is 11.2. The maximum absolute atomic E-state index is 14.6. The Morgan fingerprint density at radius 2 is 1.95 bits per heavy atom. The molecule has 3 nitrogen and oxygen atoms in total. The monoisotopic (exact) mass is 283 g/mol. The maximum Gasteiger partial charge on any atom is 0.146 e. The Hall–Kier alpha value is -2.69. The van der Waals surface area contributed by atoms with Crippen LogP contribution in [-0.2, 0) is 7.05 Å². The minimum absolute atomic E-state index is 0.120. The molecule has 1 N–H and O–H groups in total.